The minimum Gasteiger partial charge on any atom is -0.312 e. The lowest BCUT2D eigenvalue weighted by Gasteiger charge is -2.09. The zero-order chi connectivity index (χ0) is 15.6. The van der Waals surface area contributed by atoms with Gasteiger partial charge in [0.15, 0.2) is 0 Å². The van der Waals surface area contributed by atoms with Gasteiger partial charge in [0.1, 0.15) is 5.82 Å². The van der Waals surface area contributed by atoms with Gasteiger partial charge in [-0.15, -0.1) is 0 Å². The minimum absolute atomic E-state index is 0.0131. The Labute approximate surface area is 134 Å². The van der Waals surface area contributed by atoms with Gasteiger partial charge in [-0.3, -0.25) is 4.68 Å². The van der Waals surface area contributed by atoms with Crippen LogP contribution in [0.3, 0.4) is 0 Å². The molecule has 0 aliphatic rings. The highest BCUT2D eigenvalue weighted by Gasteiger charge is 2.16. The first kappa shape index (κ1) is 16.3. The van der Waals surface area contributed by atoms with Gasteiger partial charge in [-0.05, 0) is 24.6 Å². The molecule has 3 nitrogen and oxygen atoms in total. The topological polar surface area (TPSA) is 29.9 Å². The number of benzene rings is 1. The second-order valence-corrected chi connectivity index (χ2v) is 6.26. The largest absolute Gasteiger partial charge is 0.312 e. The van der Waals surface area contributed by atoms with Gasteiger partial charge < -0.3 is 5.32 Å². The molecule has 0 saturated heterocycles. The third kappa shape index (κ3) is 3.96. The molecule has 0 saturated carbocycles. The molecular weight excluding hydrogens is 312 g/mol. The van der Waals surface area contributed by atoms with Crippen LogP contribution in [0.2, 0.25) is 10.0 Å². The number of hydrogen-bond acceptors (Lipinski definition) is 2. The Kier molecular flexibility index (Phi) is 5.25. The van der Waals surface area contributed by atoms with Crippen molar-refractivity contribution in [1.82, 2.24) is 15.1 Å². The zero-order valence-electron chi connectivity index (χ0n) is 12.3. The Morgan fingerprint density at radius 2 is 2.00 bits per heavy atom. The van der Waals surface area contributed by atoms with E-state index in [2.05, 4.69) is 24.3 Å². The Morgan fingerprint density at radius 3 is 2.67 bits per heavy atom. The highest BCUT2D eigenvalue weighted by Crippen LogP contribution is 2.33. The van der Waals surface area contributed by atoms with Crippen LogP contribution in [-0.4, -0.2) is 16.3 Å². The molecule has 1 heterocycles. The van der Waals surface area contributed by atoms with Gasteiger partial charge in [0, 0.05) is 30.9 Å². The molecule has 0 atom stereocenters. The van der Waals surface area contributed by atoms with Gasteiger partial charge in [-0.2, -0.15) is 5.10 Å². The molecule has 114 valence electrons. The van der Waals surface area contributed by atoms with E-state index >= 15 is 0 Å². The van der Waals surface area contributed by atoms with E-state index < -0.39 is 5.82 Å². The Bertz CT molecular complexity index is 638. The lowest BCUT2D eigenvalue weighted by molar-refractivity contribution is 0.552. The number of halogens is 3. The zero-order valence-corrected chi connectivity index (χ0v) is 13.8. The van der Waals surface area contributed by atoms with Crippen molar-refractivity contribution in [3.8, 4) is 11.3 Å². The molecule has 0 aliphatic heterocycles. The molecule has 1 aromatic heterocycles. The molecule has 0 bridgehead atoms. The fourth-order valence-corrected chi connectivity index (χ4v) is 2.57. The van der Waals surface area contributed by atoms with E-state index in [0.717, 1.165) is 12.1 Å². The van der Waals surface area contributed by atoms with Gasteiger partial charge in [0.25, 0.3) is 0 Å². The Hall–Kier alpha value is -1.10. The number of aromatic nitrogens is 2. The third-order valence-corrected chi connectivity index (χ3v) is 3.64. The molecule has 0 fully saturated rings. The number of nitrogens with zero attached hydrogens (tertiary/aromatic N) is 2. The van der Waals surface area contributed by atoms with Crippen LogP contribution in [0, 0.1) is 11.7 Å². The quantitative estimate of drug-likeness (QED) is 0.830. The standard InChI is InChI=1S/C15H18Cl2FN3/c1-9(2)6-19-7-10-8-21(3)20-15(10)11-4-14(18)13(17)5-12(11)16/h4-5,8-9,19H,6-7H2,1-3H3. The Morgan fingerprint density at radius 1 is 1.29 bits per heavy atom. The number of nitrogens with one attached hydrogen (secondary N) is 1. The molecule has 6 heteroatoms. The smallest absolute Gasteiger partial charge is 0.142 e. The first-order valence-electron chi connectivity index (χ1n) is 6.76. The fourth-order valence-electron chi connectivity index (χ4n) is 2.09. The molecule has 1 aromatic carbocycles. The molecule has 21 heavy (non-hydrogen) atoms. The molecular formula is C15H18Cl2FN3. The molecule has 0 spiro atoms. The predicted octanol–water partition coefficient (Wildman–Crippen LogP) is 4.28. The maximum absolute atomic E-state index is 13.7. The molecule has 2 aromatic rings. The van der Waals surface area contributed by atoms with E-state index in [-0.39, 0.29) is 5.02 Å². The van der Waals surface area contributed by atoms with Crippen molar-refractivity contribution in [3.05, 3.63) is 39.8 Å². The molecule has 0 amide bonds. The highest BCUT2D eigenvalue weighted by molar-refractivity contribution is 6.36. The summed E-state index contributed by atoms with van der Waals surface area (Å²) in [6.45, 7) is 5.84. The monoisotopic (exact) mass is 329 g/mol. The fraction of sp³-hybridized carbons (Fsp3) is 0.400. The first-order chi connectivity index (χ1) is 9.88. The molecule has 0 unspecified atom stereocenters. The summed E-state index contributed by atoms with van der Waals surface area (Å²) in [5, 5.41) is 8.15. The van der Waals surface area contributed by atoms with E-state index in [9.17, 15) is 4.39 Å². The van der Waals surface area contributed by atoms with Gasteiger partial charge in [-0.1, -0.05) is 37.0 Å². The molecule has 0 aliphatic carbocycles. The van der Waals surface area contributed by atoms with E-state index in [4.69, 9.17) is 23.2 Å². The summed E-state index contributed by atoms with van der Waals surface area (Å²) < 4.78 is 15.4. The second-order valence-electron chi connectivity index (χ2n) is 5.45. The van der Waals surface area contributed by atoms with Crippen LogP contribution in [0.5, 0.6) is 0 Å². The van der Waals surface area contributed by atoms with Crippen molar-refractivity contribution >= 4 is 23.2 Å². The van der Waals surface area contributed by atoms with E-state index in [1.807, 2.05) is 13.2 Å². The van der Waals surface area contributed by atoms with Crippen molar-refractivity contribution in [2.45, 2.75) is 20.4 Å². The van der Waals surface area contributed by atoms with Gasteiger partial charge in [0.05, 0.1) is 15.7 Å². The van der Waals surface area contributed by atoms with Crippen LogP contribution in [-0.2, 0) is 13.6 Å². The van der Waals surface area contributed by atoms with Crippen molar-refractivity contribution < 1.29 is 4.39 Å². The summed E-state index contributed by atoms with van der Waals surface area (Å²) in [6, 6.07) is 2.74. The summed E-state index contributed by atoms with van der Waals surface area (Å²) in [4.78, 5) is 0. The molecule has 0 radical (unpaired) electrons. The number of hydrogen-bond donors (Lipinski definition) is 1. The minimum atomic E-state index is -0.497. The highest BCUT2D eigenvalue weighted by atomic mass is 35.5. The van der Waals surface area contributed by atoms with E-state index in [1.54, 1.807) is 4.68 Å². The number of aryl methyl sites for hydroxylation is 1. The second kappa shape index (κ2) is 6.77. The normalized spacial score (nSPS) is 11.4. The van der Waals surface area contributed by atoms with Gasteiger partial charge in [-0.25, -0.2) is 4.39 Å². The lowest BCUT2D eigenvalue weighted by Crippen LogP contribution is -2.19. The predicted molar refractivity (Wildman–Crippen MR) is 85.2 cm³/mol. The average Bonchev–Trinajstić information content (AvgIpc) is 2.74. The Balaban J connectivity index is 2.33. The summed E-state index contributed by atoms with van der Waals surface area (Å²) in [6.07, 6.45) is 1.91. The first-order valence-corrected chi connectivity index (χ1v) is 7.52. The van der Waals surface area contributed by atoms with E-state index in [1.165, 1.54) is 12.1 Å². The van der Waals surface area contributed by atoms with E-state index in [0.29, 0.717) is 28.7 Å². The number of rotatable bonds is 5. The summed E-state index contributed by atoms with van der Waals surface area (Å²) >= 11 is 11.9. The molecule has 2 rings (SSSR count). The van der Waals surface area contributed by atoms with Crippen LogP contribution >= 0.6 is 23.2 Å². The van der Waals surface area contributed by atoms with Crippen LogP contribution in [0.1, 0.15) is 19.4 Å². The van der Waals surface area contributed by atoms with Crippen LogP contribution < -0.4 is 5.32 Å². The SMILES string of the molecule is CC(C)CNCc1cn(C)nc1-c1cc(F)c(Cl)cc1Cl. The summed E-state index contributed by atoms with van der Waals surface area (Å²) in [5.74, 6) is 0.0597. The molecule has 1 N–H and O–H groups in total. The maximum atomic E-state index is 13.7. The third-order valence-electron chi connectivity index (χ3n) is 3.04. The lowest BCUT2D eigenvalue weighted by atomic mass is 10.1. The van der Waals surface area contributed by atoms with Crippen LogP contribution in [0.25, 0.3) is 11.3 Å². The summed E-state index contributed by atoms with van der Waals surface area (Å²) in [7, 11) is 1.83. The van der Waals surface area contributed by atoms with Gasteiger partial charge in [0.2, 0.25) is 0 Å². The van der Waals surface area contributed by atoms with Crippen molar-refractivity contribution in [2.24, 2.45) is 13.0 Å². The van der Waals surface area contributed by atoms with Crippen LogP contribution in [0.4, 0.5) is 4.39 Å². The van der Waals surface area contributed by atoms with Crippen LogP contribution in [0.15, 0.2) is 18.3 Å². The van der Waals surface area contributed by atoms with Crippen molar-refractivity contribution in [1.29, 1.82) is 0 Å². The van der Waals surface area contributed by atoms with Gasteiger partial charge >= 0.3 is 0 Å². The van der Waals surface area contributed by atoms with Crippen molar-refractivity contribution in [2.75, 3.05) is 6.54 Å². The summed E-state index contributed by atoms with van der Waals surface area (Å²) in [5.41, 5.74) is 2.21. The average molecular weight is 330 g/mol. The maximum Gasteiger partial charge on any atom is 0.142 e. The van der Waals surface area contributed by atoms with Crippen molar-refractivity contribution in [3.63, 3.8) is 0 Å².